The average molecular weight is 391 g/mol. The molecule has 1 fully saturated rings. The molecule has 1 aliphatic heterocycles. The van der Waals surface area contributed by atoms with E-state index in [9.17, 15) is 4.79 Å². The third-order valence-electron chi connectivity index (χ3n) is 4.21. The summed E-state index contributed by atoms with van der Waals surface area (Å²) in [6.07, 6.45) is 2.24. The normalized spacial score (nSPS) is 16.0. The molecule has 0 spiro atoms. The standard InChI is InChI=1S/C20H23ClN2O4/c1-25-19-10-14(7-8-18(19)27-13-17-6-3-9-26-17)12-22-20(24)23-16-5-2-4-15(21)11-16/h2,4-5,7-8,10-11,17H,3,6,9,12-13H2,1H3,(H2,22,23,24). The average Bonchev–Trinajstić information content (AvgIpc) is 3.18. The topological polar surface area (TPSA) is 68.8 Å². The Bertz CT molecular complexity index is 778. The highest BCUT2D eigenvalue weighted by Gasteiger charge is 2.17. The van der Waals surface area contributed by atoms with Gasteiger partial charge in [0, 0.05) is 23.9 Å². The molecule has 2 aromatic rings. The van der Waals surface area contributed by atoms with Crippen LogP contribution in [0.1, 0.15) is 18.4 Å². The van der Waals surface area contributed by atoms with Crippen LogP contribution >= 0.6 is 11.6 Å². The summed E-state index contributed by atoms with van der Waals surface area (Å²) >= 11 is 5.91. The number of urea groups is 1. The molecule has 7 heteroatoms. The zero-order valence-electron chi connectivity index (χ0n) is 15.2. The lowest BCUT2D eigenvalue weighted by molar-refractivity contribution is 0.0669. The molecule has 0 aliphatic carbocycles. The first kappa shape index (κ1) is 19.3. The highest BCUT2D eigenvalue weighted by molar-refractivity contribution is 6.30. The molecule has 1 atom stereocenters. The second-order valence-electron chi connectivity index (χ2n) is 6.25. The number of carbonyl (C=O) groups excluding carboxylic acids is 1. The number of anilines is 1. The van der Waals surface area contributed by atoms with Gasteiger partial charge in [-0.15, -0.1) is 0 Å². The van der Waals surface area contributed by atoms with Crippen molar-refractivity contribution in [2.75, 3.05) is 25.6 Å². The summed E-state index contributed by atoms with van der Waals surface area (Å²) < 4.78 is 16.8. The Kier molecular flexibility index (Phi) is 6.79. The van der Waals surface area contributed by atoms with Crippen molar-refractivity contribution < 1.29 is 19.0 Å². The van der Waals surface area contributed by atoms with Crippen LogP contribution in [0.4, 0.5) is 10.5 Å². The molecule has 3 rings (SSSR count). The molecule has 0 aromatic heterocycles. The summed E-state index contributed by atoms with van der Waals surface area (Å²) in [4.78, 5) is 12.0. The highest BCUT2D eigenvalue weighted by atomic mass is 35.5. The molecule has 0 saturated carbocycles. The van der Waals surface area contributed by atoms with Crippen molar-refractivity contribution in [2.24, 2.45) is 0 Å². The fraction of sp³-hybridized carbons (Fsp3) is 0.350. The van der Waals surface area contributed by atoms with Crippen LogP contribution < -0.4 is 20.1 Å². The zero-order chi connectivity index (χ0) is 19.1. The van der Waals surface area contributed by atoms with Gasteiger partial charge in [0.05, 0.1) is 13.2 Å². The monoisotopic (exact) mass is 390 g/mol. The number of hydrogen-bond acceptors (Lipinski definition) is 4. The van der Waals surface area contributed by atoms with Crippen LogP contribution in [-0.2, 0) is 11.3 Å². The minimum atomic E-state index is -0.310. The van der Waals surface area contributed by atoms with E-state index in [1.54, 1.807) is 31.4 Å². The molecule has 1 saturated heterocycles. The number of hydrogen-bond donors (Lipinski definition) is 2. The number of amides is 2. The summed E-state index contributed by atoms with van der Waals surface area (Å²) in [5.41, 5.74) is 1.54. The van der Waals surface area contributed by atoms with Crippen LogP contribution in [0, 0.1) is 0 Å². The number of ether oxygens (including phenoxy) is 3. The molecular weight excluding hydrogens is 368 g/mol. The number of halogens is 1. The molecule has 1 unspecified atom stereocenters. The maximum absolute atomic E-state index is 12.0. The van der Waals surface area contributed by atoms with Gasteiger partial charge in [-0.1, -0.05) is 23.7 Å². The summed E-state index contributed by atoms with van der Waals surface area (Å²) in [6.45, 7) is 1.66. The Morgan fingerprint density at radius 1 is 1.26 bits per heavy atom. The van der Waals surface area contributed by atoms with E-state index in [0.29, 0.717) is 35.4 Å². The fourth-order valence-corrected chi connectivity index (χ4v) is 3.01. The Labute approximate surface area is 163 Å². The molecule has 1 aliphatic rings. The highest BCUT2D eigenvalue weighted by Crippen LogP contribution is 2.29. The van der Waals surface area contributed by atoms with Crippen LogP contribution in [-0.4, -0.2) is 32.5 Å². The Morgan fingerprint density at radius 3 is 2.89 bits per heavy atom. The minimum Gasteiger partial charge on any atom is -0.493 e. The second-order valence-corrected chi connectivity index (χ2v) is 6.69. The van der Waals surface area contributed by atoms with Gasteiger partial charge in [0.15, 0.2) is 11.5 Å². The van der Waals surface area contributed by atoms with Crippen molar-refractivity contribution in [1.29, 1.82) is 0 Å². The third kappa shape index (κ3) is 5.77. The molecule has 144 valence electrons. The Morgan fingerprint density at radius 2 is 2.15 bits per heavy atom. The van der Waals surface area contributed by atoms with E-state index < -0.39 is 0 Å². The van der Waals surface area contributed by atoms with Crippen LogP contribution in [0.3, 0.4) is 0 Å². The fourth-order valence-electron chi connectivity index (χ4n) is 2.82. The van der Waals surface area contributed by atoms with E-state index >= 15 is 0 Å². The van der Waals surface area contributed by atoms with E-state index in [0.717, 1.165) is 25.0 Å². The van der Waals surface area contributed by atoms with Crippen molar-refractivity contribution in [3.63, 3.8) is 0 Å². The maximum atomic E-state index is 12.0. The summed E-state index contributed by atoms with van der Waals surface area (Å²) in [5.74, 6) is 1.29. The number of benzene rings is 2. The van der Waals surface area contributed by atoms with E-state index in [2.05, 4.69) is 10.6 Å². The first-order valence-corrected chi connectivity index (χ1v) is 9.23. The van der Waals surface area contributed by atoms with Gasteiger partial charge in [-0.05, 0) is 48.7 Å². The van der Waals surface area contributed by atoms with Crippen molar-refractivity contribution >= 4 is 23.3 Å². The zero-order valence-corrected chi connectivity index (χ0v) is 15.9. The molecule has 6 nitrogen and oxygen atoms in total. The van der Waals surface area contributed by atoms with Gasteiger partial charge in [-0.25, -0.2) is 4.79 Å². The molecule has 1 heterocycles. The van der Waals surface area contributed by atoms with Crippen molar-refractivity contribution in [3.05, 3.63) is 53.1 Å². The van der Waals surface area contributed by atoms with Gasteiger partial charge in [-0.2, -0.15) is 0 Å². The molecule has 2 aromatic carbocycles. The smallest absolute Gasteiger partial charge is 0.319 e. The largest absolute Gasteiger partial charge is 0.493 e. The lowest BCUT2D eigenvalue weighted by atomic mass is 10.2. The summed E-state index contributed by atoms with van der Waals surface area (Å²) in [5, 5.41) is 6.11. The van der Waals surface area contributed by atoms with Crippen LogP contribution in [0.15, 0.2) is 42.5 Å². The van der Waals surface area contributed by atoms with Gasteiger partial charge in [0.25, 0.3) is 0 Å². The summed E-state index contributed by atoms with van der Waals surface area (Å²) in [7, 11) is 1.59. The van der Waals surface area contributed by atoms with E-state index in [4.69, 9.17) is 25.8 Å². The third-order valence-corrected chi connectivity index (χ3v) is 4.45. The minimum absolute atomic E-state index is 0.145. The van der Waals surface area contributed by atoms with Crippen molar-refractivity contribution in [3.8, 4) is 11.5 Å². The van der Waals surface area contributed by atoms with E-state index in [1.165, 1.54) is 0 Å². The Hall–Kier alpha value is -2.44. The number of carbonyl (C=O) groups is 1. The summed E-state index contributed by atoms with van der Waals surface area (Å²) in [6, 6.07) is 12.3. The van der Waals surface area contributed by atoms with Gasteiger partial charge < -0.3 is 24.8 Å². The number of methoxy groups -OCH3 is 1. The Balaban J connectivity index is 1.52. The van der Waals surface area contributed by atoms with Crippen LogP contribution in [0.25, 0.3) is 0 Å². The van der Waals surface area contributed by atoms with Crippen molar-refractivity contribution in [1.82, 2.24) is 5.32 Å². The molecule has 0 bridgehead atoms. The van der Waals surface area contributed by atoms with Crippen LogP contribution in [0.2, 0.25) is 5.02 Å². The molecule has 27 heavy (non-hydrogen) atoms. The maximum Gasteiger partial charge on any atom is 0.319 e. The predicted octanol–water partition coefficient (Wildman–Crippen LogP) is 4.23. The first-order valence-electron chi connectivity index (χ1n) is 8.86. The van der Waals surface area contributed by atoms with Gasteiger partial charge >= 0.3 is 6.03 Å². The van der Waals surface area contributed by atoms with Crippen molar-refractivity contribution in [2.45, 2.75) is 25.5 Å². The molecule has 2 amide bonds. The molecule has 0 radical (unpaired) electrons. The van der Waals surface area contributed by atoms with Crippen LogP contribution in [0.5, 0.6) is 11.5 Å². The quantitative estimate of drug-likeness (QED) is 0.742. The SMILES string of the molecule is COc1cc(CNC(=O)Nc2cccc(Cl)c2)ccc1OCC1CCCO1. The van der Waals surface area contributed by atoms with Gasteiger partial charge in [0.2, 0.25) is 0 Å². The molecule has 2 N–H and O–H groups in total. The van der Waals surface area contributed by atoms with E-state index in [1.807, 2.05) is 18.2 Å². The lowest BCUT2D eigenvalue weighted by Crippen LogP contribution is -2.28. The van der Waals surface area contributed by atoms with Gasteiger partial charge in [0.1, 0.15) is 6.61 Å². The first-order chi connectivity index (χ1) is 13.1. The lowest BCUT2D eigenvalue weighted by Gasteiger charge is -2.15. The number of nitrogens with one attached hydrogen (secondary N) is 2. The predicted molar refractivity (Wildman–Crippen MR) is 105 cm³/mol. The van der Waals surface area contributed by atoms with E-state index in [-0.39, 0.29) is 12.1 Å². The number of rotatable bonds is 7. The van der Waals surface area contributed by atoms with Gasteiger partial charge in [-0.3, -0.25) is 0 Å². The molecular formula is C20H23ClN2O4. The second kappa shape index (κ2) is 9.48.